The molecule has 0 saturated heterocycles. The normalized spacial score (nSPS) is 14.0. The number of nitrogens with one attached hydrogen (secondary N) is 1. The molecule has 108 valence electrons. The lowest BCUT2D eigenvalue weighted by atomic mass is 10.1. The van der Waals surface area contributed by atoms with E-state index in [0.29, 0.717) is 29.8 Å². The third-order valence-electron chi connectivity index (χ3n) is 2.64. The highest BCUT2D eigenvalue weighted by atomic mass is 32.2. The quantitative estimate of drug-likeness (QED) is 0.842. The van der Waals surface area contributed by atoms with E-state index in [1.54, 1.807) is 37.9 Å². The van der Waals surface area contributed by atoms with Crippen LogP contribution in [-0.4, -0.2) is 44.4 Å². The molecule has 2 N–H and O–H groups in total. The maximum Gasteiger partial charge on any atom is 0.258 e. The Morgan fingerprint density at radius 1 is 1.50 bits per heavy atom. The van der Waals surface area contributed by atoms with Gasteiger partial charge in [-0.15, -0.1) is 0 Å². The maximum absolute atomic E-state index is 10.1. The largest absolute Gasteiger partial charge is 0.387 e. The third kappa shape index (κ3) is 3.94. The smallest absolute Gasteiger partial charge is 0.258 e. The van der Waals surface area contributed by atoms with Crippen LogP contribution in [0.3, 0.4) is 0 Å². The van der Waals surface area contributed by atoms with Crippen molar-refractivity contribution in [1.82, 2.24) is 15.1 Å². The highest BCUT2D eigenvalue weighted by Crippen LogP contribution is 2.20. The molecule has 0 spiro atoms. The lowest BCUT2D eigenvalue weighted by molar-refractivity contribution is 0.0996. The first kappa shape index (κ1) is 14.8. The molecule has 1 atom stereocenters. The molecule has 0 amide bonds. The zero-order valence-electron chi connectivity index (χ0n) is 11.8. The van der Waals surface area contributed by atoms with E-state index in [1.165, 1.54) is 0 Å². The molecule has 0 aromatic carbocycles. The molecule has 2 aromatic rings. The van der Waals surface area contributed by atoms with Crippen LogP contribution in [0.2, 0.25) is 0 Å². The molecular formula is C13H18N4O2S. The number of thioether (sulfide) groups is 1. The Kier molecular flexibility index (Phi) is 4.61. The second-order valence-corrected chi connectivity index (χ2v) is 5.73. The number of rotatable bonds is 6. The first-order valence-corrected chi connectivity index (χ1v) is 7.61. The van der Waals surface area contributed by atoms with Crippen molar-refractivity contribution >= 4 is 17.6 Å². The minimum absolute atomic E-state index is 0.424. The van der Waals surface area contributed by atoms with E-state index in [0.717, 1.165) is 5.56 Å². The number of hydrogen-bond donors (Lipinski definition) is 2. The van der Waals surface area contributed by atoms with Gasteiger partial charge in [0.2, 0.25) is 0 Å². The fourth-order valence-electron chi connectivity index (χ4n) is 1.72. The molecule has 2 rings (SSSR count). The van der Waals surface area contributed by atoms with Crippen molar-refractivity contribution in [3.63, 3.8) is 0 Å². The number of anilines is 1. The summed E-state index contributed by atoms with van der Waals surface area (Å²) >= 11 is 1.60. The molecule has 0 radical (unpaired) electrons. The minimum atomic E-state index is -0.780. The number of pyridine rings is 1. The van der Waals surface area contributed by atoms with Crippen molar-refractivity contribution in [2.75, 3.05) is 23.9 Å². The molecule has 0 aliphatic carbocycles. The van der Waals surface area contributed by atoms with E-state index in [1.807, 2.05) is 12.3 Å². The molecular weight excluding hydrogens is 276 g/mol. The summed E-state index contributed by atoms with van der Waals surface area (Å²) in [7, 11) is 0. The summed E-state index contributed by atoms with van der Waals surface area (Å²) < 4.78 is 5.12. The van der Waals surface area contributed by atoms with E-state index in [4.69, 9.17) is 4.52 Å². The number of aryl methyl sites for hydroxylation is 1. The van der Waals surface area contributed by atoms with Crippen LogP contribution in [0, 0.1) is 6.92 Å². The summed E-state index contributed by atoms with van der Waals surface area (Å²) in [4.78, 5) is 8.39. The Hall–Kier alpha value is -1.60. The molecule has 0 saturated carbocycles. The van der Waals surface area contributed by atoms with Gasteiger partial charge in [-0.05, 0) is 32.2 Å². The summed E-state index contributed by atoms with van der Waals surface area (Å²) in [5, 5.41) is 17.0. The standard InChI is InChI=1S/C13H18N4O2S/c1-9-16-12(19-17-9)10-4-5-14-11(6-10)15-7-13(2,18)8-20-3/h4-6,18H,7-8H2,1-3H3,(H,14,15). The van der Waals surface area contributed by atoms with Crippen LogP contribution in [0.5, 0.6) is 0 Å². The van der Waals surface area contributed by atoms with Crippen LogP contribution in [0.1, 0.15) is 12.7 Å². The van der Waals surface area contributed by atoms with Crippen molar-refractivity contribution in [3.8, 4) is 11.5 Å². The summed E-state index contributed by atoms with van der Waals surface area (Å²) in [6.07, 6.45) is 3.63. The van der Waals surface area contributed by atoms with Crippen LogP contribution in [-0.2, 0) is 0 Å². The lowest BCUT2D eigenvalue weighted by Gasteiger charge is -2.22. The summed E-state index contributed by atoms with van der Waals surface area (Å²) in [5.74, 6) is 2.38. The fraction of sp³-hybridized carbons (Fsp3) is 0.462. The SMILES string of the molecule is CSCC(C)(O)CNc1cc(-c2nc(C)no2)ccn1. The summed E-state index contributed by atoms with van der Waals surface area (Å²) in [6, 6.07) is 3.63. The number of nitrogens with zero attached hydrogens (tertiary/aromatic N) is 3. The van der Waals surface area contributed by atoms with Gasteiger partial charge in [0.25, 0.3) is 5.89 Å². The number of aromatic nitrogens is 3. The average molecular weight is 294 g/mol. The Labute approximate surface area is 122 Å². The third-order valence-corrected chi connectivity index (χ3v) is 3.55. The summed E-state index contributed by atoms with van der Waals surface area (Å²) in [6.45, 7) is 3.99. The van der Waals surface area contributed by atoms with Gasteiger partial charge in [0, 0.05) is 24.1 Å². The molecule has 0 bridgehead atoms. The maximum atomic E-state index is 10.1. The average Bonchev–Trinajstić information content (AvgIpc) is 2.84. The second kappa shape index (κ2) is 6.23. The molecule has 0 fully saturated rings. The fourth-order valence-corrected chi connectivity index (χ4v) is 2.44. The van der Waals surface area contributed by atoms with Gasteiger partial charge in [-0.25, -0.2) is 4.98 Å². The zero-order valence-corrected chi connectivity index (χ0v) is 12.6. The summed E-state index contributed by atoms with van der Waals surface area (Å²) in [5.41, 5.74) is 0.0191. The zero-order chi connectivity index (χ0) is 14.6. The van der Waals surface area contributed by atoms with Gasteiger partial charge in [0.1, 0.15) is 5.82 Å². The first-order valence-electron chi connectivity index (χ1n) is 6.22. The van der Waals surface area contributed by atoms with Gasteiger partial charge in [-0.2, -0.15) is 16.7 Å². The van der Waals surface area contributed by atoms with Crippen molar-refractivity contribution in [3.05, 3.63) is 24.2 Å². The van der Waals surface area contributed by atoms with Gasteiger partial charge in [-0.3, -0.25) is 0 Å². The molecule has 7 heteroatoms. The Bertz CT molecular complexity index is 571. The number of aliphatic hydroxyl groups is 1. The van der Waals surface area contributed by atoms with Crippen molar-refractivity contribution < 1.29 is 9.63 Å². The highest BCUT2D eigenvalue weighted by molar-refractivity contribution is 7.98. The molecule has 2 heterocycles. The van der Waals surface area contributed by atoms with Gasteiger partial charge in [0.05, 0.1) is 5.60 Å². The molecule has 0 aliphatic rings. The minimum Gasteiger partial charge on any atom is -0.387 e. The van der Waals surface area contributed by atoms with Crippen molar-refractivity contribution in [1.29, 1.82) is 0 Å². The highest BCUT2D eigenvalue weighted by Gasteiger charge is 2.19. The second-order valence-electron chi connectivity index (χ2n) is 4.86. The lowest BCUT2D eigenvalue weighted by Crippen LogP contribution is -2.36. The topological polar surface area (TPSA) is 84.1 Å². The van der Waals surface area contributed by atoms with Gasteiger partial charge < -0.3 is 14.9 Å². The van der Waals surface area contributed by atoms with E-state index >= 15 is 0 Å². The van der Waals surface area contributed by atoms with E-state index in [9.17, 15) is 5.11 Å². The van der Waals surface area contributed by atoms with Crippen LogP contribution >= 0.6 is 11.8 Å². The monoisotopic (exact) mass is 294 g/mol. The van der Waals surface area contributed by atoms with Crippen LogP contribution < -0.4 is 5.32 Å². The Morgan fingerprint density at radius 3 is 2.95 bits per heavy atom. The number of hydrogen-bond acceptors (Lipinski definition) is 7. The molecule has 1 unspecified atom stereocenters. The van der Waals surface area contributed by atoms with E-state index < -0.39 is 5.60 Å². The Morgan fingerprint density at radius 2 is 2.30 bits per heavy atom. The predicted octanol–water partition coefficient (Wildman–Crippen LogP) is 1.97. The molecule has 6 nitrogen and oxygen atoms in total. The van der Waals surface area contributed by atoms with Crippen molar-refractivity contribution in [2.24, 2.45) is 0 Å². The molecule has 0 aliphatic heterocycles. The van der Waals surface area contributed by atoms with Gasteiger partial charge >= 0.3 is 0 Å². The van der Waals surface area contributed by atoms with Gasteiger partial charge in [0.15, 0.2) is 5.82 Å². The van der Waals surface area contributed by atoms with E-state index in [2.05, 4.69) is 20.4 Å². The first-order chi connectivity index (χ1) is 9.50. The Balaban J connectivity index is 2.07. The molecule has 20 heavy (non-hydrogen) atoms. The van der Waals surface area contributed by atoms with Crippen LogP contribution in [0.25, 0.3) is 11.5 Å². The van der Waals surface area contributed by atoms with E-state index in [-0.39, 0.29) is 0 Å². The van der Waals surface area contributed by atoms with Crippen molar-refractivity contribution in [2.45, 2.75) is 19.4 Å². The van der Waals surface area contributed by atoms with Crippen LogP contribution in [0.15, 0.2) is 22.9 Å². The molecule has 2 aromatic heterocycles. The van der Waals surface area contributed by atoms with Crippen LogP contribution in [0.4, 0.5) is 5.82 Å². The predicted molar refractivity (Wildman–Crippen MR) is 79.8 cm³/mol. The van der Waals surface area contributed by atoms with Gasteiger partial charge in [-0.1, -0.05) is 5.16 Å².